The Labute approximate surface area is 102 Å². The Bertz CT molecular complexity index is 386. The Morgan fingerprint density at radius 3 is 2.53 bits per heavy atom. The molecule has 17 heavy (non-hydrogen) atoms. The monoisotopic (exact) mass is 232 g/mol. The minimum Gasteiger partial charge on any atom is -0.384 e. The number of aromatic nitrogens is 1. The third-order valence-electron chi connectivity index (χ3n) is 3.94. The molecule has 0 amide bonds. The van der Waals surface area contributed by atoms with E-state index >= 15 is 0 Å². The number of likely N-dealkylation sites (tertiary alicyclic amines) is 2. The van der Waals surface area contributed by atoms with Gasteiger partial charge in [-0.2, -0.15) is 0 Å². The lowest BCUT2D eigenvalue weighted by atomic mass is 9.73. The lowest BCUT2D eigenvalue weighted by Crippen LogP contribution is -2.71. The number of nitrogen functional groups attached to an aromatic ring is 1. The molecule has 0 aromatic carbocycles. The number of hydrogen-bond donors (Lipinski definition) is 1. The number of anilines is 1. The predicted octanol–water partition coefficient (Wildman–Crippen LogP) is 0.801. The van der Waals surface area contributed by atoms with Gasteiger partial charge in [-0.15, -0.1) is 0 Å². The second-order valence-corrected chi connectivity index (χ2v) is 5.54. The van der Waals surface area contributed by atoms with E-state index in [4.69, 9.17) is 5.73 Å². The van der Waals surface area contributed by atoms with Crippen LogP contribution in [0.15, 0.2) is 18.3 Å². The van der Waals surface area contributed by atoms with Crippen molar-refractivity contribution in [2.45, 2.75) is 13.5 Å². The molecule has 1 aromatic rings. The molecule has 0 aliphatic carbocycles. The van der Waals surface area contributed by atoms with Crippen LogP contribution in [0.2, 0.25) is 0 Å². The van der Waals surface area contributed by atoms with E-state index in [1.165, 1.54) is 38.3 Å². The highest BCUT2D eigenvalue weighted by Crippen LogP contribution is 2.39. The first-order valence-electron chi connectivity index (χ1n) is 6.34. The Kier molecular flexibility index (Phi) is 2.56. The number of hydrogen-bond acceptors (Lipinski definition) is 4. The van der Waals surface area contributed by atoms with Crippen molar-refractivity contribution < 1.29 is 0 Å². The molecule has 2 saturated heterocycles. The van der Waals surface area contributed by atoms with Crippen LogP contribution in [0.1, 0.15) is 12.5 Å². The minimum absolute atomic E-state index is 0.603. The first-order chi connectivity index (χ1) is 8.19. The SMILES string of the molecule is CCN1CC2(C1)CN(Cc1ccc(N)nc1)C2. The van der Waals surface area contributed by atoms with Crippen molar-refractivity contribution in [2.24, 2.45) is 5.41 Å². The first-order valence-corrected chi connectivity index (χ1v) is 6.34. The molecule has 2 fully saturated rings. The third kappa shape index (κ3) is 2.03. The van der Waals surface area contributed by atoms with Crippen LogP contribution in [0.4, 0.5) is 5.82 Å². The minimum atomic E-state index is 0.603. The Morgan fingerprint density at radius 1 is 1.24 bits per heavy atom. The van der Waals surface area contributed by atoms with Crippen LogP contribution in [0, 0.1) is 5.41 Å². The van der Waals surface area contributed by atoms with Crippen LogP contribution < -0.4 is 5.73 Å². The molecule has 4 heteroatoms. The highest BCUT2D eigenvalue weighted by Gasteiger charge is 2.50. The van der Waals surface area contributed by atoms with E-state index in [0.29, 0.717) is 11.2 Å². The summed E-state index contributed by atoms with van der Waals surface area (Å²) in [6, 6.07) is 3.96. The van der Waals surface area contributed by atoms with Gasteiger partial charge >= 0.3 is 0 Å². The van der Waals surface area contributed by atoms with Crippen molar-refractivity contribution >= 4 is 5.82 Å². The molecular formula is C13H20N4. The largest absolute Gasteiger partial charge is 0.384 e. The molecule has 0 unspecified atom stereocenters. The van der Waals surface area contributed by atoms with Gasteiger partial charge in [0, 0.05) is 44.3 Å². The van der Waals surface area contributed by atoms with E-state index in [2.05, 4.69) is 27.8 Å². The fourth-order valence-electron chi connectivity index (χ4n) is 3.13. The average molecular weight is 232 g/mol. The summed E-state index contributed by atoms with van der Waals surface area (Å²) in [6.07, 6.45) is 1.89. The van der Waals surface area contributed by atoms with Gasteiger partial charge in [0.05, 0.1) is 0 Å². The number of pyridine rings is 1. The fourth-order valence-corrected chi connectivity index (χ4v) is 3.13. The Hall–Kier alpha value is -1.13. The van der Waals surface area contributed by atoms with Crippen LogP contribution in [0.25, 0.3) is 0 Å². The summed E-state index contributed by atoms with van der Waals surface area (Å²) in [5.41, 5.74) is 7.46. The van der Waals surface area contributed by atoms with Crippen LogP contribution in [-0.4, -0.2) is 47.5 Å². The molecule has 3 heterocycles. The van der Waals surface area contributed by atoms with Crippen molar-refractivity contribution in [3.63, 3.8) is 0 Å². The highest BCUT2D eigenvalue weighted by molar-refractivity contribution is 5.29. The van der Waals surface area contributed by atoms with Gasteiger partial charge < -0.3 is 10.6 Å². The molecule has 2 N–H and O–H groups in total. The maximum atomic E-state index is 5.58. The Balaban J connectivity index is 1.49. The molecule has 1 aromatic heterocycles. The third-order valence-corrected chi connectivity index (χ3v) is 3.94. The number of rotatable bonds is 3. The molecular weight excluding hydrogens is 212 g/mol. The molecule has 0 radical (unpaired) electrons. The van der Waals surface area contributed by atoms with E-state index in [1.54, 1.807) is 0 Å². The normalized spacial score (nSPS) is 23.4. The molecule has 3 rings (SSSR count). The van der Waals surface area contributed by atoms with Gasteiger partial charge in [-0.3, -0.25) is 4.90 Å². The van der Waals surface area contributed by atoms with Crippen molar-refractivity contribution in [1.29, 1.82) is 0 Å². The van der Waals surface area contributed by atoms with Gasteiger partial charge in [-0.25, -0.2) is 4.98 Å². The number of nitrogens with zero attached hydrogens (tertiary/aromatic N) is 3. The highest BCUT2D eigenvalue weighted by atomic mass is 15.3. The van der Waals surface area contributed by atoms with Crippen LogP contribution in [0.3, 0.4) is 0 Å². The van der Waals surface area contributed by atoms with Gasteiger partial charge in [-0.05, 0) is 18.2 Å². The standard InChI is InChI=1S/C13H20N4/c1-2-16-7-13(8-16)9-17(10-13)6-11-3-4-12(14)15-5-11/h3-5H,2,6-10H2,1H3,(H2,14,15). The van der Waals surface area contributed by atoms with E-state index in [0.717, 1.165) is 6.54 Å². The topological polar surface area (TPSA) is 45.4 Å². The second-order valence-electron chi connectivity index (χ2n) is 5.54. The van der Waals surface area contributed by atoms with Crippen molar-refractivity contribution in [3.05, 3.63) is 23.9 Å². The quantitative estimate of drug-likeness (QED) is 0.837. The molecule has 2 aliphatic rings. The van der Waals surface area contributed by atoms with Gasteiger partial charge in [0.25, 0.3) is 0 Å². The van der Waals surface area contributed by atoms with E-state index in [-0.39, 0.29) is 0 Å². The van der Waals surface area contributed by atoms with Gasteiger partial charge in [0.2, 0.25) is 0 Å². The molecule has 92 valence electrons. The van der Waals surface area contributed by atoms with E-state index in [1.807, 2.05) is 12.3 Å². The molecule has 0 bridgehead atoms. The predicted molar refractivity (Wildman–Crippen MR) is 68.5 cm³/mol. The van der Waals surface area contributed by atoms with Crippen molar-refractivity contribution in [2.75, 3.05) is 38.5 Å². The summed E-state index contributed by atoms with van der Waals surface area (Å²) in [7, 11) is 0. The Morgan fingerprint density at radius 2 is 1.94 bits per heavy atom. The maximum Gasteiger partial charge on any atom is 0.123 e. The zero-order valence-corrected chi connectivity index (χ0v) is 10.4. The summed E-state index contributed by atoms with van der Waals surface area (Å²) in [5, 5.41) is 0. The van der Waals surface area contributed by atoms with E-state index < -0.39 is 0 Å². The lowest BCUT2D eigenvalue weighted by molar-refractivity contribution is -0.116. The van der Waals surface area contributed by atoms with Crippen LogP contribution in [-0.2, 0) is 6.54 Å². The molecule has 0 atom stereocenters. The molecule has 0 saturated carbocycles. The maximum absolute atomic E-state index is 5.58. The first kappa shape index (κ1) is 11.0. The fraction of sp³-hybridized carbons (Fsp3) is 0.615. The van der Waals surface area contributed by atoms with Crippen molar-refractivity contribution in [1.82, 2.24) is 14.8 Å². The lowest BCUT2D eigenvalue weighted by Gasteiger charge is -2.60. The summed E-state index contributed by atoms with van der Waals surface area (Å²) in [6.45, 7) is 9.52. The summed E-state index contributed by atoms with van der Waals surface area (Å²) in [5.74, 6) is 0.603. The summed E-state index contributed by atoms with van der Waals surface area (Å²) >= 11 is 0. The average Bonchev–Trinajstić information content (AvgIpc) is 2.22. The molecule has 1 spiro atoms. The van der Waals surface area contributed by atoms with Gasteiger partial charge in [-0.1, -0.05) is 13.0 Å². The zero-order chi connectivity index (χ0) is 11.9. The van der Waals surface area contributed by atoms with Crippen LogP contribution >= 0.6 is 0 Å². The number of nitrogens with two attached hydrogens (primary N) is 1. The van der Waals surface area contributed by atoms with Gasteiger partial charge in [0.15, 0.2) is 0 Å². The zero-order valence-electron chi connectivity index (χ0n) is 10.4. The summed E-state index contributed by atoms with van der Waals surface area (Å²) in [4.78, 5) is 9.15. The molecule has 4 nitrogen and oxygen atoms in total. The van der Waals surface area contributed by atoms with Gasteiger partial charge in [0.1, 0.15) is 5.82 Å². The second kappa shape index (κ2) is 3.96. The summed E-state index contributed by atoms with van der Waals surface area (Å²) < 4.78 is 0. The van der Waals surface area contributed by atoms with Crippen molar-refractivity contribution in [3.8, 4) is 0 Å². The van der Waals surface area contributed by atoms with E-state index in [9.17, 15) is 0 Å². The van der Waals surface area contributed by atoms with Crippen LogP contribution in [0.5, 0.6) is 0 Å². The molecule has 2 aliphatic heterocycles. The smallest absolute Gasteiger partial charge is 0.123 e.